The Labute approximate surface area is 217 Å². The number of aliphatic hydroxyl groups excluding tert-OH is 1. The van der Waals surface area contributed by atoms with E-state index in [2.05, 4.69) is 4.98 Å². The maximum absolute atomic E-state index is 13.6. The number of benzene rings is 4. The molecule has 1 aliphatic heterocycles. The first-order valence-electron chi connectivity index (χ1n) is 11.9. The van der Waals surface area contributed by atoms with Gasteiger partial charge in [0.2, 0.25) is 0 Å². The average molecular weight is 506 g/mol. The van der Waals surface area contributed by atoms with E-state index in [9.17, 15) is 14.7 Å². The van der Waals surface area contributed by atoms with E-state index in [0.29, 0.717) is 16.3 Å². The van der Waals surface area contributed by atoms with E-state index in [1.807, 2.05) is 104 Å². The van der Waals surface area contributed by atoms with Gasteiger partial charge < -0.3 is 10.0 Å². The van der Waals surface area contributed by atoms with Crippen LogP contribution in [-0.2, 0) is 9.59 Å². The van der Waals surface area contributed by atoms with Crippen LogP contribution in [0.4, 0.5) is 10.8 Å². The Balaban J connectivity index is 1.59. The lowest BCUT2D eigenvalue weighted by molar-refractivity contribution is -0.132. The third-order valence-electron chi connectivity index (χ3n) is 6.70. The molecule has 0 bridgehead atoms. The lowest BCUT2D eigenvalue weighted by atomic mass is 9.93. The lowest BCUT2D eigenvalue weighted by Gasteiger charge is -2.24. The molecule has 37 heavy (non-hydrogen) atoms. The van der Waals surface area contributed by atoms with Gasteiger partial charge in [0, 0.05) is 25.3 Å². The fraction of sp³-hybridized carbons (Fsp3) is 0.100. The predicted octanol–water partition coefficient (Wildman–Crippen LogP) is 6.14. The van der Waals surface area contributed by atoms with Crippen molar-refractivity contribution in [2.24, 2.45) is 0 Å². The van der Waals surface area contributed by atoms with Gasteiger partial charge in [0.25, 0.3) is 5.78 Å². The molecule has 0 aliphatic carbocycles. The highest BCUT2D eigenvalue weighted by Gasteiger charge is 2.48. The number of rotatable bonds is 4. The van der Waals surface area contributed by atoms with E-state index >= 15 is 0 Å². The molecule has 1 unspecified atom stereocenters. The number of nitrogens with zero attached hydrogens (tertiary/aromatic N) is 3. The van der Waals surface area contributed by atoms with Gasteiger partial charge in [-0.25, -0.2) is 4.98 Å². The maximum Gasteiger partial charge on any atom is 0.301 e. The molecule has 1 aromatic heterocycles. The van der Waals surface area contributed by atoms with Gasteiger partial charge >= 0.3 is 5.91 Å². The number of carbonyl (C=O) groups excluding carboxylic acids is 2. The molecule has 1 atom stereocenters. The smallest absolute Gasteiger partial charge is 0.301 e. The number of aliphatic hydroxyl groups is 1. The summed E-state index contributed by atoms with van der Waals surface area (Å²) in [5.41, 5.74) is 3.01. The summed E-state index contributed by atoms with van der Waals surface area (Å²) in [6, 6.07) is 27.7. The van der Waals surface area contributed by atoms with Crippen LogP contribution in [0.5, 0.6) is 0 Å². The minimum absolute atomic E-state index is 0.0539. The topological polar surface area (TPSA) is 73.7 Å². The van der Waals surface area contributed by atoms with Crippen LogP contribution in [0.2, 0.25) is 0 Å². The second kappa shape index (κ2) is 8.87. The normalized spacial score (nSPS) is 17.1. The summed E-state index contributed by atoms with van der Waals surface area (Å²) in [7, 11) is 3.89. The minimum atomic E-state index is -0.823. The van der Waals surface area contributed by atoms with Crippen LogP contribution in [0.15, 0.2) is 96.6 Å². The van der Waals surface area contributed by atoms with Gasteiger partial charge in [-0.05, 0) is 40.6 Å². The Morgan fingerprint density at radius 3 is 2.35 bits per heavy atom. The van der Waals surface area contributed by atoms with Crippen LogP contribution in [0.25, 0.3) is 26.7 Å². The van der Waals surface area contributed by atoms with Crippen molar-refractivity contribution < 1.29 is 14.7 Å². The molecule has 5 aromatic rings. The number of fused-ring (bicyclic) bond motifs is 2. The molecule has 182 valence electrons. The highest BCUT2D eigenvalue weighted by atomic mass is 32.1. The molecule has 6 nitrogen and oxygen atoms in total. The van der Waals surface area contributed by atoms with E-state index in [1.165, 1.54) is 16.2 Å². The standard InChI is InChI=1S/C30H23N3O3S/c1-32(2)20-16-14-19(15-17-20)26-25(27(34)22-11-7-9-18-8-3-4-10-21(18)22)28(35)29(36)33(26)30-31-23-12-5-6-13-24(23)37-30/h3-17,26,34H,1-2H3/b27-25+. The molecule has 1 amide bonds. The third kappa shape index (κ3) is 3.75. The Morgan fingerprint density at radius 1 is 0.892 bits per heavy atom. The van der Waals surface area contributed by atoms with Gasteiger partial charge in [-0.3, -0.25) is 14.5 Å². The second-order valence-electron chi connectivity index (χ2n) is 9.15. The number of Topliss-reactive ketones (excluding diaryl/α,β-unsaturated/α-hetero) is 1. The van der Waals surface area contributed by atoms with Gasteiger partial charge in [-0.2, -0.15) is 0 Å². The number of thiazole rings is 1. The minimum Gasteiger partial charge on any atom is -0.507 e. The van der Waals surface area contributed by atoms with E-state index < -0.39 is 17.7 Å². The summed E-state index contributed by atoms with van der Waals surface area (Å²) in [5, 5.41) is 13.8. The van der Waals surface area contributed by atoms with E-state index in [0.717, 1.165) is 26.7 Å². The first kappa shape index (κ1) is 22.9. The second-order valence-corrected chi connectivity index (χ2v) is 10.2. The van der Waals surface area contributed by atoms with Gasteiger partial charge in [0.05, 0.1) is 21.8 Å². The lowest BCUT2D eigenvalue weighted by Crippen LogP contribution is -2.29. The van der Waals surface area contributed by atoms with Crippen LogP contribution in [0.1, 0.15) is 17.2 Å². The van der Waals surface area contributed by atoms with Gasteiger partial charge in [0.15, 0.2) is 5.13 Å². The SMILES string of the molecule is CN(C)c1ccc(C2/C(=C(\O)c3cccc4ccccc34)C(=O)C(=O)N2c2nc3ccccc3s2)cc1. The van der Waals surface area contributed by atoms with Crippen LogP contribution in [0, 0.1) is 0 Å². The predicted molar refractivity (Wildman–Crippen MR) is 149 cm³/mol. The van der Waals surface area contributed by atoms with E-state index in [4.69, 9.17) is 0 Å². The molecular formula is C30H23N3O3S. The first-order chi connectivity index (χ1) is 17.9. The molecule has 1 aliphatic rings. The molecule has 1 fully saturated rings. The largest absolute Gasteiger partial charge is 0.507 e. The van der Waals surface area contributed by atoms with Crippen LogP contribution >= 0.6 is 11.3 Å². The number of para-hydroxylation sites is 1. The number of anilines is 2. The van der Waals surface area contributed by atoms with Crippen LogP contribution < -0.4 is 9.80 Å². The van der Waals surface area contributed by atoms with Gasteiger partial charge in [0.1, 0.15) is 5.76 Å². The van der Waals surface area contributed by atoms with Gasteiger partial charge in [-0.1, -0.05) is 78.1 Å². The molecule has 6 rings (SSSR count). The Hall–Kier alpha value is -4.49. The fourth-order valence-electron chi connectivity index (χ4n) is 4.84. The zero-order chi connectivity index (χ0) is 25.7. The summed E-state index contributed by atoms with van der Waals surface area (Å²) in [6.07, 6.45) is 0. The zero-order valence-corrected chi connectivity index (χ0v) is 21.1. The Bertz CT molecular complexity index is 1680. The highest BCUT2D eigenvalue weighted by Crippen LogP contribution is 2.45. The van der Waals surface area contributed by atoms with E-state index in [-0.39, 0.29) is 11.3 Å². The summed E-state index contributed by atoms with van der Waals surface area (Å²) in [4.78, 5) is 35.2. The fourth-order valence-corrected chi connectivity index (χ4v) is 5.83. The molecule has 4 aromatic carbocycles. The number of hydrogen-bond acceptors (Lipinski definition) is 6. The molecule has 0 saturated carbocycles. The number of aromatic nitrogens is 1. The van der Waals surface area contributed by atoms with E-state index in [1.54, 1.807) is 6.07 Å². The summed E-state index contributed by atoms with van der Waals surface area (Å²) >= 11 is 1.35. The summed E-state index contributed by atoms with van der Waals surface area (Å²) < 4.78 is 0.912. The Morgan fingerprint density at radius 2 is 1.59 bits per heavy atom. The van der Waals surface area contributed by atoms with Crippen molar-refractivity contribution in [2.75, 3.05) is 23.9 Å². The quantitative estimate of drug-likeness (QED) is 0.180. The molecule has 0 spiro atoms. The van der Waals surface area contributed by atoms with Crippen molar-refractivity contribution >= 4 is 60.6 Å². The molecule has 7 heteroatoms. The van der Waals surface area contributed by atoms with Crippen LogP contribution in [0.3, 0.4) is 0 Å². The van der Waals surface area contributed by atoms with Crippen LogP contribution in [-0.4, -0.2) is 35.9 Å². The summed E-state index contributed by atoms with van der Waals surface area (Å²) in [5.74, 6) is -1.63. The third-order valence-corrected chi connectivity index (χ3v) is 7.74. The van der Waals surface area contributed by atoms with Crippen molar-refractivity contribution in [3.63, 3.8) is 0 Å². The number of hydrogen-bond donors (Lipinski definition) is 1. The first-order valence-corrected chi connectivity index (χ1v) is 12.7. The monoisotopic (exact) mass is 505 g/mol. The summed E-state index contributed by atoms with van der Waals surface area (Å²) in [6.45, 7) is 0. The number of amides is 1. The van der Waals surface area contributed by atoms with Crippen molar-refractivity contribution in [1.29, 1.82) is 0 Å². The molecule has 1 N–H and O–H groups in total. The average Bonchev–Trinajstić information content (AvgIpc) is 3.46. The molecular weight excluding hydrogens is 482 g/mol. The van der Waals surface area contributed by atoms with Crippen molar-refractivity contribution in [3.8, 4) is 0 Å². The molecule has 1 saturated heterocycles. The number of ketones is 1. The van der Waals surface area contributed by atoms with Crippen molar-refractivity contribution in [3.05, 3.63) is 108 Å². The number of carbonyl (C=O) groups is 2. The van der Waals surface area contributed by atoms with Crippen molar-refractivity contribution in [1.82, 2.24) is 4.98 Å². The van der Waals surface area contributed by atoms with Gasteiger partial charge in [-0.15, -0.1) is 0 Å². The Kier molecular flexibility index (Phi) is 5.50. The zero-order valence-electron chi connectivity index (χ0n) is 20.3. The molecule has 0 radical (unpaired) electrons. The molecule has 2 heterocycles. The maximum atomic E-state index is 13.6. The highest BCUT2D eigenvalue weighted by molar-refractivity contribution is 7.22. The van der Waals surface area contributed by atoms with Crippen molar-refractivity contribution in [2.45, 2.75) is 6.04 Å².